The largest absolute Gasteiger partial charge is 0.482 e. The number of halogens is 2. The maximum absolute atomic E-state index is 11.1. The van der Waals surface area contributed by atoms with E-state index in [4.69, 9.17) is 21.6 Å². The van der Waals surface area contributed by atoms with Gasteiger partial charge >= 0.3 is 0 Å². The summed E-state index contributed by atoms with van der Waals surface area (Å²) in [5.74, 6) is 0.0562. The number of nitriles is 1. The Balaban J connectivity index is 2.51. The fourth-order valence-corrected chi connectivity index (χ4v) is 1.43. The van der Waals surface area contributed by atoms with Crippen molar-refractivity contribution in [2.24, 2.45) is 0 Å². The average Bonchev–Trinajstić information content (AvgIpc) is 2.27. The molecule has 0 radical (unpaired) electrons. The van der Waals surface area contributed by atoms with E-state index in [0.717, 1.165) is 4.47 Å². The summed E-state index contributed by atoms with van der Waals surface area (Å²) in [7, 11) is 0. The molecule has 84 valence electrons. The molecule has 0 bridgehead atoms. The van der Waals surface area contributed by atoms with Gasteiger partial charge in [-0.1, -0.05) is 27.5 Å². The van der Waals surface area contributed by atoms with E-state index in [0.29, 0.717) is 10.8 Å². The monoisotopic (exact) mass is 302 g/mol. The van der Waals surface area contributed by atoms with Crippen LogP contribution < -0.4 is 10.1 Å². The minimum atomic E-state index is -0.363. The lowest BCUT2D eigenvalue weighted by Gasteiger charge is -2.07. The molecule has 0 heterocycles. The van der Waals surface area contributed by atoms with Crippen molar-refractivity contribution in [2.45, 2.75) is 0 Å². The molecule has 0 unspecified atom stereocenters. The maximum atomic E-state index is 11.1. The van der Waals surface area contributed by atoms with Crippen molar-refractivity contribution < 1.29 is 9.53 Å². The van der Waals surface area contributed by atoms with Crippen molar-refractivity contribution in [2.75, 3.05) is 13.2 Å². The smallest absolute Gasteiger partial charge is 0.258 e. The molecule has 0 aliphatic carbocycles. The van der Waals surface area contributed by atoms with E-state index in [2.05, 4.69) is 21.2 Å². The standard InChI is InChI=1S/C10H8BrClN2O2/c11-7-1-2-8(12)9(5-7)16-6-10(15)14-4-3-13/h1-2,5H,4,6H2,(H,14,15). The number of nitrogens with one attached hydrogen (secondary N) is 1. The molecule has 1 aromatic carbocycles. The molecule has 1 N–H and O–H groups in total. The summed E-state index contributed by atoms with van der Waals surface area (Å²) in [6, 6.07) is 6.89. The molecular weight excluding hydrogens is 295 g/mol. The molecule has 0 aliphatic heterocycles. The Morgan fingerprint density at radius 3 is 3.06 bits per heavy atom. The second-order valence-electron chi connectivity index (χ2n) is 2.80. The Labute approximate surface area is 106 Å². The first-order chi connectivity index (χ1) is 7.63. The van der Waals surface area contributed by atoms with Crippen molar-refractivity contribution in [1.29, 1.82) is 5.26 Å². The van der Waals surface area contributed by atoms with Gasteiger partial charge in [0.05, 0.1) is 11.1 Å². The summed E-state index contributed by atoms with van der Waals surface area (Å²) in [6.45, 7) is -0.202. The second-order valence-corrected chi connectivity index (χ2v) is 4.12. The van der Waals surface area contributed by atoms with Crippen LogP contribution in [0.1, 0.15) is 0 Å². The van der Waals surface area contributed by atoms with Gasteiger partial charge in [0.1, 0.15) is 12.3 Å². The molecule has 0 aliphatic rings. The predicted octanol–water partition coefficient (Wildman–Crippen LogP) is 2.12. The highest BCUT2D eigenvalue weighted by Gasteiger charge is 2.05. The van der Waals surface area contributed by atoms with Gasteiger partial charge in [-0.25, -0.2) is 0 Å². The number of carbonyl (C=O) groups excluding carboxylic acids is 1. The molecule has 4 nitrogen and oxygen atoms in total. The molecule has 6 heteroatoms. The van der Waals surface area contributed by atoms with E-state index < -0.39 is 0 Å². The minimum Gasteiger partial charge on any atom is -0.482 e. The molecule has 0 aromatic heterocycles. The number of hydrogen-bond acceptors (Lipinski definition) is 3. The molecule has 16 heavy (non-hydrogen) atoms. The zero-order valence-electron chi connectivity index (χ0n) is 8.17. The van der Waals surface area contributed by atoms with Crippen molar-refractivity contribution in [1.82, 2.24) is 5.32 Å². The third kappa shape index (κ3) is 4.09. The van der Waals surface area contributed by atoms with Crippen LogP contribution in [0.15, 0.2) is 22.7 Å². The van der Waals surface area contributed by atoms with E-state index in [1.54, 1.807) is 24.3 Å². The average molecular weight is 304 g/mol. The quantitative estimate of drug-likeness (QED) is 0.867. The van der Waals surface area contributed by atoms with Gasteiger partial charge < -0.3 is 10.1 Å². The number of benzene rings is 1. The van der Waals surface area contributed by atoms with Gasteiger partial charge in [-0.3, -0.25) is 4.79 Å². The zero-order chi connectivity index (χ0) is 12.0. The molecular formula is C10H8BrClN2O2. The first kappa shape index (κ1) is 12.8. The lowest BCUT2D eigenvalue weighted by molar-refractivity contribution is -0.122. The van der Waals surface area contributed by atoms with E-state index in [1.807, 2.05) is 0 Å². The van der Waals surface area contributed by atoms with Crippen molar-refractivity contribution in [3.63, 3.8) is 0 Å². The summed E-state index contributed by atoms with van der Waals surface area (Å²) >= 11 is 9.12. The van der Waals surface area contributed by atoms with Gasteiger partial charge in [-0.05, 0) is 18.2 Å². The Kier molecular flexibility index (Phi) is 5.09. The van der Waals surface area contributed by atoms with Gasteiger partial charge in [0.15, 0.2) is 6.61 Å². The SMILES string of the molecule is N#CCNC(=O)COc1cc(Br)ccc1Cl. The van der Waals surface area contributed by atoms with Crippen LogP contribution in [0.25, 0.3) is 0 Å². The molecule has 0 spiro atoms. The minimum absolute atomic E-state index is 0.0333. The van der Waals surface area contributed by atoms with Crippen LogP contribution in [0.5, 0.6) is 5.75 Å². The van der Waals surface area contributed by atoms with E-state index in [1.165, 1.54) is 0 Å². The highest BCUT2D eigenvalue weighted by molar-refractivity contribution is 9.10. The molecule has 0 saturated carbocycles. The topological polar surface area (TPSA) is 62.1 Å². The van der Waals surface area contributed by atoms with Crippen LogP contribution in [0.3, 0.4) is 0 Å². The summed E-state index contributed by atoms with van der Waals surface area (Å²) in [6.07, 6.45) is 0. The summed E-state index contributed by atoms with van der Waals surface area (Å²) < 4.78 is 6.00. The fourth-order valence-electron chi connectivity index (χ4n) is 0.920. The number of amides is 1. The van der Waals surface area contributed by atoms with Crippen LogP contribution in [0.2, 0.25) is 5.02 Å². The normalized spacial score (nSPS) is 9.31. The molecule has 1 amide bonds. The van der Waals surface area contributed by atoms with Crippen LogP contribution in [0.4, 0.5) is 0 Å². The molecule has 0 atom stereocenters. The van der Waals surface area contributed by atoms with Crippen molar-refractivity contribution in [3.8, 4) is 11.8 Å². The Morgan fingerprint density at radius 2 is 2.38 bits per heavy atom. The lowest BCUT2D eigenvalue weighted by Crippen LogP contribution is -2.29. The summed E-state index contributed by atoms with van der Waals surface area (Å²) in [4.78, 5) is 11.1. The second kappa shape index (κ2) is 6.36. The van der Waals surface area contributed by atoms with E-state index in [-0.39, 0.29) is 19.1 Å². The third-order valence-corrected chi connectivity index (χ3v) is 2.42. The molecule has 1 aromatic rings. The Morgan fingerprint density at radius 1 is 1.62 bits per heavy atom. The Bertz CT molecular complexity index is 431. The van der Waals surface area contributed by atoms with E-state index >= 15 is 0 Å². The number of carbonyl (C=O) groups is 1. The van der Waals surface area contributed by atoms with Gasteiger partial charge in [-0.2, -0.15) is 5.26 Å². The maximum Gasteiger partial charge on any atom is 0.258 e. The van der Waals surface area contributed by atoms with Crippen molar-refractivity contribution in [3.05, 3.63) is 27.7 Å². The number of hydrogen-bond donors (Lipinski definition) is 1. The van der Waals surface area contributed by atoms with Crippen LogP contribution in [0, 0.1) is 11.3 Å². The first-order valence-corrected chi connectivity index (χ1v) is 5.52. The van der Waals surface area contributed by atoms with Crippen LogP contribution >= 0.6 is 27.5 Å². The summed E-state index contributed by atoms with van der Waals surface area (Å²) in [5, 5.41) is 11.0. The third-order valence-electron chi connectivity index (χ3n) is 1.62. The molecule has 0 saturated heterocycles. The van der Waals surface area contributed by atoms with Crippen LogP contribution in [-0.4, -0.2) is 19.1 Å². The first-order valence-electron chi connectivity index (χ1n) is 4.35. The summed E-state index contributed by atoms with van der Waals surface area (Å²) in [5.41, 5.74) is 0. The highest BCUT2D eigenvalue weighted by atomic mass is 79.9. The van der Waals surface area contributed by atoms with E-state index in [9.17, 15) is 4.79 Å². The highest BCUT2D eigenvalue weighted by Crippen LogP contribution is 2.27. The molecule has 1 rings (SSSR count). The number of rotatable bonds is 4. The van der Waals surface area contributed by atoms with Gasteiger partial charge in [0, 0.05) is 4.47 Å². The number of ether oxygens (including phenoxy) is 1. The van der Waals surface area contributed by atoms with Gasteiger partial charge in [-0.15, -0.1) is 0 Å². The number of nitrogens with zero attached hydrogens (tertiary/aromatic N) is 1. The van der Waals surface area contributed by atoms with Crippen molar-refractivity contribution >= 4 is 33.4 Å². The molecule has 0 fully saturated rings. The predicted molar refractivity (Wildman–Crippen MR) is 63.3 cm³/mol. The lowest BCUT2D eigenvalue weighted by atomic mass is 10.3. The Hall–Kier alpha value is -1.25. The zero-order valence-corrected chi connectivity index (χ0v) is 10.5. The van der Waals surface area contributed by atoms with Gasteiger partial charge in [0.2, 0.25) is 0 Å². The fraction of sp³-hybridized carbons (Fsp3) is 0.200. The van der Waals surface area contributed by atoms with Gasteiger partial charge in [0.25, 0.3) is 5.91 Å². The van der Waals surface area contributed by atoms with Crippen LogP contribution in [-0.2, 0) is 4.79 Å².